The number of hydrogen-bond donors (Lipinski definition) is 2. The highest BCUT2D eigenvalue weighted by Crippen LogP contribution is 2.32. The summed E-state index contributed by atoms with van der Waals surface area (Å²) in [5, 5.41) is 3.25. The number of carbonyl (C=O) groups excluding carboxylic acids is 1. The van der Waals surface area contributed by atoms with Crippen molar-refractivity contribution in [2.24, 2.45) is 5.73 Å². The van der Waals surface area contributed by atoms with Crippen LogP contribution in [0.1, 0.15) is 35.2 Å². The van der Waals surface area contributed by atoms with Crippen LogP contribution in [0.4, 0.5) is 13.2 Å². The largest absolute Gasteiger partial charge is 0.491 e. The van der Waals surface area contributed by atoms with E-state index in [1.54, 1.807) is 0 Å². The Balaban J connectivity index is 2.12. The van der Waals surface area contributed by atoms with Crippen molar-refractivity contribution in [3.63, 3.8) is 0 Å². The third-order valence-electron chi connectivity index (χ3n) is 3.42. The van der Waals surface area contributed by atoms with Crippen LogP contribution in [0.15, 0.2) is 18.2 Å². The molecule has 0 bridgehead atoms. The van der Waals surface area contributed by atoms with Gasteiger partial charge in [-0.25, -0.2) is 0 Å². The second-order valence-electron chi connectivity index (χ2n) is 5.03. The van der Waals surface area contributed by atoms with Crippen molar-refractivity contribution in [1.29, 1.82) is 0 Å². The zero-order valence-electron chi connectivity index (χ0n) is 11.4. The van der Waals surface area contributed by atoms with Gasteiger partial charge < -0.3 is 15.8 Å². The fourth-order valence-corrected chi connectivity index (χ4v) is 2.28. The molecule has 7 heteroatoms. The van der Waals surface area contributed by atoms with E-state index in [1.807, 2.05) is 0 Å². The van der Waals surface area contributed by atoms with Gasteiger partial charge in [0, 0.05) is 6.04 Å². The maximum Gasteiger partial charge on any atom is 0.416 e. The zero-order valence-corrected chi connectivity index (χ0v) is 11.4. The molecule has 116 valence electrons. The SMILES string of the molecule is NC(=O)c1cc(C(F)(F)F)ccc1OCC1CCCCN1. The Kier molecular flexibility index (Phi) is 4.72. The van der Waals surface area contributed by atoms with Crippen molar-refractivity contribution in [2.45, 2.75) is 31.5 Å². The van der Waals surface area contributed by atoms with Crippen molar-refractivity contribution in [3.8, 4) is 5.75 Å². The lowest BCUT2D eigenvalue weighted by molar-refractivity contribution is -0.137. The van der Waals surface area contributed by atoms with Gasteiger partial charge in [0.2, 0.25) is 0 Å². The van der Waals surface area contributed by atoms with Crippen LogP contribution in [-0.4, -0.2) is 25.1 Å². The monoisotopic (exact) mass is 302 g/mol. The van der Waals surface area contributed by atoms with Gasteiger partial charge in [0.25, 0.3) is 5.91 Å². The average molecular weight is 302 g/mol. The number of benzene rings is 1. The summed E-state index contributed by atoms with van der Waals surface area (Å²) in [4.78, 5) is 11.3. The number of halogens is 3. The maximum atomic E-state index is 12.6. The van der Waals surface area contributed by atoms with E-state index in [0.717, 1.165) is 44.0 Å². The molecule has 1 aromatic carbocycles. The van der Waals surface area contributed by atoms with E-state index in [-0.39, 0.29) is 17.4 Å². The number of amides is 1. The van der Waals surface area contributed by atoms with Gasteiger partial charge in [0.15, 0.2) is 0 Å². The Labute approximate surface area is 120 Å². The molecular formula is C14H17F3N2O2. The number of ether oxygens (including phenoxy) is 1. The molecule has 3 N–H and O–H groups in total. The Morgan fingerprint density at radius 2 is 2.14 bits per heavy atom. The van der Waals surface area contributed by atoms with Crippen molar-refractivity contribution in [2.75, 3.05) is 13.2 Å². The van der Waals surface area contributed by atoms with Gasteiger partial charge in [-0.2, -0.15) is 13.2 Å². The molecule has 1 heterocycles. The fourth-order valence-electron chi connectivity index (χ4n) is 2.28. The van der Waals surface area contributed by atoms with E-state index < -0.39 is 17.6 Å². The van der Waals surface area contributed by atoms with Gasteiger partial charge in [-0.1, -0.05) is 6.42 Å². The van der Waals surface area contributed by atoms with Gasteiger partial charge in [0.1, 0.15) is 12.4 Å². The first-order valence-electron chi connectivity index (χ1n) is 6.75. The van der Waals surface area contributed by atoms with Gasteiger partial charge in [-0.3, -0.25) is 4.79 Å². The minimum absolute atomic E-state index is 0.0860. The number of carbonyl (C=O) groups is 1. The minimum atomic E-state index is -4.52. The van der Waals surface area contributed by atoms with Crippen molar-refractivity contribution in [1.82, 2.24) is 5.32 Å². The molecule has 1 amide bonds. The van der Waals surface area contributed by atoms with E-state index in [4.69, 9.17) is 10.5 Å². The van der Waals surface area contributed by atoms with Gasteiger partial charge in [-0.05, 0) is 37.6 Å². The second-order valence-corrected chi connectivity index (χ2v) is 5.03. The standard InChI is InChI=1S/C14H17F3N2O2/c15-14(16,17)9-4-5-12(11(7-9)13(18)20)21-8-10-3-1-2-6-19-10/h4-5,7,10,19H,1-3,6,8H2,(H2,18,20). The molecule has 0 spiro atoms. The van der Waals surface area contributed by atoms with Crippen molar-refractivity contribution in [3.05, 3.63) is 29.3 Å². The lowest BCUT2D eigenvalue weighted by atomic mass is 10.1. The first-order valence-corrected chi connectivity index (χ1v) is 6.75. The molecule has 1 fully saturated rings. The number of piperidine rings is 1. The predicted octanol–water partition coefficient (Wildman–Crippen LogP) is 2.33. The van der Waals surface area contributed by atoms with E-state index in [9.17, 15) is 18.0 Å². The Bertz CT molecular complexity index is 511. The molecule has 1 saturated heterocycles. The number of alkyl halides is 3. The Morgan fingerprint density at radius 3 is 2.71 bits per heavy atom. The van der Waals surface area contributed by atoms with Crippen LogP contribution < -0.4 is 15.8 Å². The highest BCUT2D eigenvalue weighted by molar-refractivity contribution is 5.95. The third kappa shape index (κ3) is 4.10. The summed E-state index contributed by atoms with van der Waals surface area (Å²) < 4.78 is 43.4. The van der Waals surface area contributed by atoms with Crippen LogP contribution in [0, 0.1) is 0 Å². The average Bonchev–Trinajstić information content (AvgIpc) is 2.45. The van der Waals surface area contributed by atoms with Gasteiger partial charge in [-0.15, -0.1) is 0 Å². The molecule has 4 nitrogen and oxygen atoms in total. The molecule has 0 aromatic heterocycles. The van der Waals surface area contributed by atoms with Crippen molar-refractivity contribution < 1.29 is 22.7 Å². The molecule has 1 aliphatic rings. The Morgan fingerprint density at radius 1 is 1.38 bits per heavy atom. The number of hydrogen-bond acceptors (Lipinski definition) is 3. The maximum absolute atomic E-state index is 12.6. The van der Waals surface area contributed by atoms with E-state index in [2.05, 4.69) is 5.32 Å². The van der Waals surface area contributed by atoms with Crippen LogP contribution in [0.25, 0.3) is 0 Å². The molecule has 0 aliphatic carbocycles. The van der Waals surface area contributed by atoms with Gasteiger partial charge in [0.05, 0.1) is 11.1 Å². The summed E-state index contributed by atoms with van der Waals surface area (Å²) >= 11 is 0. The third-order valence-corrected chi connectivity index (χ3v) is 3.42. The van der Waals surface area contributed by atoms with Crippen LogP contribution >= 0.6 is 0 Å². The summed E-state index contributed by atoms with van der Waals surface area (Å²) in [5.41, 5.74) is 3.97. The topological polar surface area (TPSA) is 64.4 Å². The molecule has 21 heavy (non-hydrogen) atoms. The molecule has 1 atom stereocenters. The van der Waals surface area contributed by atoms with Crippen LogP contribution in [-0.2, 0) is 6.18 Å². The summed E-state index contributed by atoms with van der Waals surface area (Å²) in [5.74, 6) is -0.851. The number of nitrogens with one attached hydrogen (secondary N) is 1. The zero-order chi connectivity index (χ0) is 15.5. The quantitative estimate of drug-likeness (QED) is 0.897. The molecule has 1 unspecified atom stereocenters. The lowest BCUT2D eigenvalue weighted by Gasteiger charge is -2.24. The van der Waals surface area contributed by atoms with E-state index >= 15 is 0 Å². The smallest absolute Gasteiger partial charge is 0.416 e. The molecule has 0 radical (unpaired) electrons. The summed E-state index contributed by atoms with van der Waals surface area (Å²) in [6, 6.07) is 2.90. The highest BCUT2D eigenvalue weighted by Gasteiger charge is 2.31. The summed E-state index contributed by atoms with van der Waals surface area (Å²) in [7, 11) is 0. The first-order chi connectivity index (χ1) is 9.88. The van der Waals surface area contributed by atoms with E-state index in [1.165, 1.54) is 0 Å². The Hall–Kier alpha value is -1.76. The first kappa shape index (κ1) is 15.6. The van der Waals surface area contributed by atoms with Crippen LogP contribution in [0.3, 0.4) is 0 Å². The summed E-state index contributed by atoms with van der Waals surface area (Å²) in [6.07, 6.45) is -1.40. The summed E-state index contributed by atoms with van der Waals surface area (Å²) in [6.45, 7) is 1.19. The molecule has 1 aromatic rings. The molecule has 1 aliphatic heterocycles. The second kappa shape index (κ2) is 6.34. The molecule has 2 rings (SSSR count). The number of rotatable bonds is 4. The number of nitrogens with two attached hydrogens (primary N) is 1. The molecule has 0 saturated carbocycles. The molecular weight excluding hydrogens is 285 g/mol. The van der Waals surface area contributed by atoms with Crippen LogP contribution in [0.2, 0.25) is 0 Å². The van der Waals surface area contributed by atoms with Crippen molar-refractivity contribution >= 4 is 5.91 Å². The minimum Gasteiger partial charge on any atom is -0.491 e. The van der Waals surface area contributed by atoms with E-state index in [0.29, 0.717) is 6.61 Å². The van der Waals surface area contributed by atoms with Crippen LogP contribution in [0.5, 0.6) is 5.75 Å². The normalized spacial score (nSPS) is 19.3. The predicted molar refractivity (Wildman–Crippen MR) is 71.1 cm³/mol. The number of primary amides is 1. The fraction of sp³-hybridized carbons (Fsp3) is 0.500. The highest BCUT2D eigenvalue weighted by atomic mass is 19.4. The lowest BCUT2D eigenvalue weighted by Crippen LogP contribution is -2.38. The van der Waals surface area contributed by atoms with Gasteiger partial charge >= 0.3 is 6.18 Å².